The first kappa shape index (κ1) is 19.8. The van der Waals surface area contributed by atoms with Crippen LogP contribution in [0.1, 0.15) is 23.6 Å². The fourth-order valence-electron chi connectivity index (χ4n) is 2.90. The zero-order chi connectivity index (χ0) is 20.0. The topological polar surface area (TPSA) is 101 Å². The quantitative estimate of drug-likeness (QED) is 0.601. The Labute approximate surface area is 162 Å². The maximum absolute atomic E-state index is 12.7. The first-order valence-electron chi connectivity index (χ1n) is 8.84. The zero-order valence-corrected chi connectivity index (χ0v) is 15.9. The van der Waals surface area contributed by atoms with Gasteiger partial charge in [-0.25, -0.2) is 17.9 Å². The molecule has 7 nitrogen and oxygen atoms in total. The van der Waals surface area contributed by atoms with E-state index in [2.05, 4.69) is 9.71 Å². The van der Waals surface area contributed by atoms with Gasteiger partial charge in [0.25, 0.3) is 5.56 Å². The molecular formula is C20H21N3O4S. The number of H-pyrrole nitrogens is 1. The van der Waals surface area contributed by atoms with Crippen LogP contribution in [0.5, 0.6) is 0 Å². The van der Waals surface area contributed by atoms with E-state index in [4.69, 9.17) is 0 Å². The molecule has 0 radical (unpaired) electrons. The highest BCUT2D eigenvalue weighted by Gasteiger charge is 2.20. The normalized spacial score (nSPS) is 11.6. The summed E-state index contributed by atoms with van der Waals surface area (Å²) in [5.41, 5.74) is 0.650. The maximum Gasteiger partial charge on any atom is 0.328 e. The molecule has 146 valence electrons. The van der Waals surface area contributed by atoms with Gasteiger partial charge in [0.15, 0.2) is 0 Å². The minimum atomic E-state index is -3.61. The van der Waals surface area contributed by atoms with Crippen molar-refractivity contribution in [3.8, 4) is 0 Å². The van der Waals surface area contributed by atoms with E-state index in [-0.39, 0.29) is 18.7 Å². The third-order valence-corrected chi connectivity index (χ3v) is 5.69. The van der Waals surface area contributed by atoms with Crippen LogP contribution in [0.4, 0.5) is 0 Å². The Morgan fingerprint density at radius 1 is 0.893 bits per heavy atom. The van der Waals surface area contributed by atoms with E-state index in [0.717, 1.165) is 11.1 Å². The smallest absolute Gasteiger partial charge is 0.301 e. The molecule has 1 aromatic heterocycles. The van der Waals surface area contributed by atoms with Crippen LogP contribution < -0.4 is 16.0 Å². The van der Waals surface area contributed by atoms with E-state index >= 15 is 0 Å². The minimum Gasteiger partial charge on any atom is -0.301 e. The molecule has 0 aliphatic rings. The number of hydrogen-bond acceptors (Lipinski definition) is 4. The molecule has 0 unspecified atom stereocenters. The van der Waals surface area contributed by atoms with Crippen LogP contribution in [0.25, 0.3) is 0 Å². The summed E-state index contributed by atoms with van der Waals surface area (Å²) in [5, 5.41) is 0. The van der Waals surface area contributed by atoms with E-state index in [1.54, 1.807) is 0 Å². The summed E-state index contributed by atoms with van der Waals surface area (Å²) < 4.78 is 29.4. The number of sulfonamides is 1. The van der Waals surface area contributed by atoms with Gasteiger partial charge in [-0.15, -0.1) is 0 Å². The summed E-state index contributed by atoms with van der Waals surface area (Å²) in [6, 6.07) is 19.4. The van der Waals surface area contributed by atoms with Crippen LogP contribution in [0, 0.1) is 0 Å². The van der Waals surface area contributed by atoms with Gasteiger partial charge in [0.2, 0.25) is 10.0 Å². The fourth-order valence-corrected chi connectivity index (χ4v) is 4.16. The summed E-state index contributed by atoms with van der Waals surface area (Å²) >= 11 is 0. The standard InChI is InChI=1S/C20H21N3O4S/c24-18-12-14-23(20(25)21-18)13-7-15-28(26,27)22-19(16-8-3-1-4-9-16)17-10-5-2-6-11-17/h1-6,8-12,14,19,22H,7,13,15H2,(H,21,24,25). The Morgan fingerprint density at radius 2 is 1.46 bits per heavy atom. The van der Waals surface area contributed by atoms with Crippen molar-refractivity contribution < 1.29 is 8.42 Å². The lowest BCUT2D eigenvalue weighted by molar-refractivity contribution is 0.560. The molecule has 0 spiro atoms. The molecule has 2 aromatic carbocycles. The fraction of sp³-hybridized carbons (Fsp3) is 0.200. The number of aromatic nitrogens is 2. The van der Waals surface area contributed by atoms with E-state index < -0.39 is 27.3 Å². The summed E-state index contributed by atoms with van der Waals surface area (Å²) in [4.78, 5) is 24.9. The molecule has 0 bridgehead atoms. The molecule has 0 atom stereocenters. The van der Waals surface area contributed by atoms with Gasteiger partial charge in [-0.1, -0.05) is 60.7 Å². The summed E-state index contributed by atoms with van der Waals surface area (Å²) in [6.45, 7) is 0.192. The van der Waals surface area contributed by atoms with E-state index in [9.17, 15) is 18.0 Å². The Bertz CT molecular complexity index is 1080. The number of nitrogens with one attached hydrogen (secondary N) is 2. The third kappa shape index (κ3) is 5.28. The SMILES string of the molecule is O=c1ccn(CCCS(=O)(=O)NC(c2ccccc2)c2ccccc2)c(=O)[nH]1. The highest BCUT2D eigenvalue weighted by molar-refractivity contribution is 7.89. The molecule has 0 saturated carbocycles. The number of aryl methyl sites for hydroxylation is 1. The van der Waals surface area contributed by atoms with Gasteiger partial charge < -0.3 is 4.57 Å². The van der Waals surface area contributed by atoms with Crippen LogP contribution >= 0.6 is 0 Å². The number of aromatic amines is 1. The molecule has 28 heavy (non-hydrogen) atoms. The van der Waals surface area contributed by atoms with Gasteiger partial charge in [-0.2, -0.15) is 0 Å². The van der Waals surface area contributed by atoms with Crippen molar-refractivity contribution in [2.24, 2.45) is 0 Å². The lowest BCUT2D eigenvalue weighted by Crippen LogP contribution is -2.33. The molecule has 0 aliphatic heterocycles. The molecule has 3 aromatic rings. The molecule has 2 N–H and O–H groups in total. The van der Waals surface area contributed by atoms with Crippen molar-refractivity contribution in [1.29, 1.82) is 0 Å². The predicted octanol–water partition coefficient (Wildman–Crippen LogP) is 1.64. The van der Waals surface area contributed by atoms with Crippen LogP contribution in [-0.4, -0.2) is 23.7 Å². The van der Waals surface area contributed by atoms with E-state index in [1.807, 2.05) is 60.7 Å². The number of rotatable bonds is 8. The first-order valence-corrected chi connectivity index (χ1v) is 10.5. The Kier molecular flexibility index (Phi) is 6.23. The van der Waals surface area contributed by atoms with Crippen LogP contribution in [-0.2, 0) is 16.6 Å². The molecule has 8 heteroatoms. The summed E-state index contributed by atoms with van der Waals surface area (Å²) in [5.74, 6) is -0.144. The lowest BCUT2D eigenvalue weighted by atomic mass is 10.00. The third-order valence-electron chi connectivity index (χ3n) is 4.27. The van der Waals surface area contributed by atoms with Crippen LogP contribution in [0.3, 0.4) is 0 Å². The Morgan fingerprint density at radius 3 is 2.00 bits per heavy atom. The maximum atomic E-state index is 12.7. The van der Waals surface area contributed by atoms with Gasteiger partial charge in [-0.3, -0.25) is 9.78 Å². The summed E-state index contributed by atoms with van der Waals surface area (Å²) in [6.07, 6.45) is 1.59. The van der Waals surface area contributed by atoms with Crippen molar-refractivity contribution in [2.45, 2.75) is 19.0 Å². The second kappa shape index (κ2) is 8.81. The second-order valence-corrected chi connectivity index (χ2v) is 8.22. The molecule has 0 aliphatic carbocycles. The van der Waals surface area contributed by atoms with Gasteiger partial charge in [-0.05, 0) is 17.5 Å². The minimum absolute atomic E-state index is 0.144. The first-order chi connectivity index (χ1) is 13.4. The Hall–Kier alpha value is -2.97. The molecular weight excluding hydrogens is 378 g/mol. The van der Waals surface area contributed by atoms with Crippen molar-refractivity contribution in [1.82, 2.24) is 14.3 Å². The molecule has 1 heterocycles. The number of hydrogen-bond donors (Lipinski definition) is 2. The largest absolute Gasteiger partial charge is 0.328 e. The second-order valence-electron chi connectivity index (χ2n) is 6.35. The molecule has 0 saturated heterocycles. The zero-order valence-electron chi connectivity index (χ0n) is 15.1. The number of benzene rings is 2. The average molecular weight is 399 g/mol. The molecule has 0 fully saturated rings. The van der Waals surface area contributed by atoms with Gasteiger partial charge >= 0.3 is 5.69 Å². The van der Waals surface area contributed by atoms with Gasteiger partial charge in [0, 0.05) is 18.8 Å². The average Bonchev–Trinajstić information content (AvgIpc) is 2.69. The Balaban J connectivity index is 1.72. The van der Waals surface area contributed by atoms with Gasteiger partial charge in [0.05, 0.1) is 11.8 Å². The lowest BCUT2D eigenvalue weighted by Gasteiger charge is -2.20. The highest BCUT2D eigenvalue weighted by Crippen LogP contribution is 2.22. The highest BCUT2D eigenvalue weighted by atomic mass is 32.2. The summed E-state index contributed by atoms with van der Waals surface area (Å²) in [7, 11) is -3.61. The predicted molar refractivity (Wildman–Crippen MR) is 108 cm³/mol. The van der Waals surface area contributed by atoms with E-state index in [0.29, 0.717) is 0 Å². The number of nitrogens with zero attached hydrogens (tertiary/aromatic N) is 1. The van der Waals surface area contributed by atoms with E-state index in [1.165, 1.54) is 16.8 Å². The molecule has 3 rings (SSSR count). The molecule has 0 amide bonds. The van der Waals surface area contributed by atoms with Crippen LogP contribution in [0.2, 0.25) is 0 Å². The van der Waals surface area contributed by atoms with Crippen molar-refractivity contribution in [3.63, 3.8) is 0 Å². The van der Waals surface area contributed by atoms with Gasteiger partial charge in [0.1, 0.15) is 0 Å². The van der Waals surface area contributed by atoms with Crippen molar-refractivity contribution in [3.05, 3.63) is 105 Å². The van der Waals surface area contributed by atoms with Crippen molar-refractivity contribution >= 4 is 10.0 Å². The van der Waals surface area contributed by atoms with Crippen molar-refractivity contribution in [2.75, 3.05) is 5.75 Å². The monoisotopic (exact) mass is 399 g/mol. The van der Waals surface area contributed by atoms with Crippen LogP contribution in [0.15, 0.2) is 82.5 Å².